The van der Waals surface area contributed by atoms with Crippen molar-refractivity contribution in [3.8, 4) is 0 Å². The van der Waals surface area contributed by atoms with Crippen LogP contribution in [0.1, 0.15) is 53.6 Å². The third kappa shape index (κ3) is 7.89. The summed E-state index contributed by atoms with van der Waals surface area (Å²) in [5.74, 6) is -0.400. The van der Waals surface area contributed by atoms with Crippen molar-refractivity contribution in [1.29, 1.82) is 0 Å². The van der Waals surface area contributed by atoms with Gasteiger partial charge in [0.15, 0.2) is 5.69 Å². The fourth-order valence-electron chi connectivity index (χ4n) is 4.87. The van der Waals surface area contributed by atoms with Gasteiger partial charge in [-0.2, -0.15) is 10.2 Å². The van der Waals surface area contributed by atoms with Gasteiger partial charge in [0.2, 0.25) is 0 Å². The number of benzene rings is 1. The molecule has 0 fully saturated rings. The van der Waals surface area contributed by atoms with Crippen molar-refractivity contribution in [2.75, 3.05) is 23.9 Å². The number of carbonyl (C=O) groups is 1. The van der Waals surface area contributed by atoms with E-state index < -0.39 is 24.0 Å². The molecule has 1 aliphatic carbocycles. The van der Waals surface area contributed by atoms with Crippen LogP contribution in [-0.2, 0) is 34.1 Å². The Hall–Kier alpha value is -2.76. The number of nitrogens with zero attached hydrogens (tertiary/aromatic N) is 4. The average Bonchev–Trinajstić information content (AvgIpc) is 3.43. The summed E-state index contributed by atoms with van der Waals surface area (Å²) in [6, 6.07) is 9.94. The first kappa shape index (κ1) is 29.2. The lowest BCUT2D eigenvalue weighted by molar-refractivity contribution is 0.0742. The molecule has 0 spiro atoms. The molecule has 2 heterocycles. The normalized spacial score (nSPS) is 16.1. The highest BCUT2D eigenvalue weighted by Gasteiger charge is 2.33. The highest BCUT2D eigenvalue weighted by molar-refractivity contribution is 7.90. The minimum atomic E-state index is -3.28. The summed E-state index contributed by atoms with van der Waals surface area (Å²) in [6.45, 7) is 12.5. The van der Waals surface area contributed by atoms with Crippen LogP contribution in [0.2, 0.25) is 25.7 Å². The number of rotatable bonds is 11. The van der Waals surface area contributed by atoms with Gasteiger partial charge >= 0.3 is 0 Å². The van der Waals surface area contributed by atoms with Crippen molar-refractivity contribution < 1.29 is 17.9 Å². The predicted molar refractivity (Wildman–Crippen MR) is 157 cm³/mol. The summed E-state index contributed by atoms with van der Waals surface area (Å²) in [7, 11) is -4.49. The molecule has 1 unspecified atom stereocenters. The second-order valence-electron chi connectivity index (χ2n) is 12.6. The van der Waals surface area contributed by atoms with E-state index in [1.54, 1.807) is 17.1 Å². The highest BCUT2D eigenvalue weighted by Crippen LogP contribution is 2.36. The van der Waals surface area contributed by atoms with Crippen molar-refractivity contribution in [3.05, 3.63) is 65.2 Å². The number of nitrogens with one attached hydrogen (secondary N) is 1. The molecule has 0 radical (unpaired) electrons. The van der Waals surface area contributed by atoms with Gasteiger partial charge in [-0.1, -0.05) is 63.8 Å². The van der Waals surface area contributed by atoms with Crippen LogP contribution >= 0.6 is 0 Å². The molecule has 2 aromatic heterocycles. The number of fused-ring (bicyclic) bond motifs is 1. The summed E-state index contributed by atoms with van der Waals surface area (Å²) >= 11 is 0. The van der Waals surface area contributed by atoms with E-state index in [1.807, 2.05) is 35.0 Å². The van der Waals surface area contributed by atoms with Crippen LogP contribution in [0.25, 0.3) is 0 Å². The maximum atomic E-state index is 13.4. The number of hydrogen-bond donors (Lipinski definition) is 1. The van der Waals surface area contributed by atoms with E-state index in [-0.39, 0.29) is 17.1 Å². The molecule has 1 amide bonds. The summed E-state index contributed by atoms with van der Waals surface area (Å²) in [5, 5.41) is 12.0. The first-order chi connectivity index (χ1) is 18.2. The van der Waals surface area contributed by atoms with Gasteiger partial charge < -0.3 is 10.1 Å². The zero-order valence-corrected chi connectivity index (χ0v) is 25.7. The molecule has 0 saturated heterocycles. The van der Waals surface area contributed by atoms with Crippen LogP contribution in [0.3, 0.4) is 0 Å². The van der Waals surface area contributed by atoms with Gasteiger partial charge in [-0.05, 0) is 36.3 Å². The summed E-state index contributed by atoms with van der Waals surface area (Å²) in [5.41, 5.74) is 3.90. The molecule has 39 heavy (non-hydrogen) atoms. The predicted octanol–water partition coefficient (Wildman–Crippen LogP) is 4.79. The van der Waals surface area contributed by atoms with E-state index in [1.165, 1.54) is 6.26 Å². The Morgan fingerprint density at radius 3 is 2.59 bits per heavy atom. The Morgan fingerprint density at radius 1 is 1.21 bits per heavy atom. The van der Waals surface area contributed by atoms with Crippen molar-refractivity contribution in [3.63, 3.8) is 0 Å². The zero-order chi connectivity index (χ0) is 28.4. The van der Waals surface area contributed by atoms with Crippen LogP contribution in [0.5, 0.6) is 0 Å². The summed E-state index contributed by atoms with van der Waals surface area (Å²) < 4.78 is 33.8. The molecule has 1 aromatic carbocycles. The molecule has 0 bridgehead atoms. The summed E-state index contributed by atoms with van der Waals surface area (Å²) in [4.78, 5) is 13.4. The molecular formula is C28H41N5O4SSi. The zero-order valence-electron chi connectivity index (χ0n) is 23.9. The SMILES string of the molecule is CC1(C)CCc2c(C(=O)Nc3cnn(C(CS(C)(=O)=O)c4ccccc4)c3)nn(COCC[Si](C)(C)C)c2C1. The average molecular weight is 572 g/mol. The standard InChI is InChI=1S/C28H41N5O4SSi/c1-28(2)13-12-23-24(16-28)33(20-37-14-15-39(4,5)6)31-26(23)27(34)30-22-17-29-32(18-22)25(19-38(3,35)36)21-10-8-7-9-11-21/h7-11,17-18,25H,12-16,19-20H2,1-6H3,(H,30,34). The van der Waals surface area contributed by atoms with E-state index >= 15 is 0 Å². The van der Waals surface area contributed by atoms with Crippen LogP contribution in [-0.4, -0.2) is 60.6 Å². The van der Waals surface area contributed by atoms with E-state index in [4.69, 9.17) is 9.84 Å². The summed E-state index contributed by atoms with van der Waals surface area (Å²) in [6.07, 6.45) is 7.02. The lowest BCUT2D eigenvalue weighted by atomic mass is 9.76. The van der Waals surface area contributed by atoms with Gasteiger partial charge in [0, 0.05) is 38.4 Å². The van der Waals surface area contributed by atoms with Gasteiger partial charge in [-0.25, -0.2) is 13.1 Å². The fourth-order valence-corrected chi connectivity index (χ4v) is 6.54. The monoisotopic (exact) mass is 571 g/mol. The van der Waals surface area contributed by atoms with E-state index in [2.05, 4.69) is 43.9 Å². The molecule has 0 aliphatic heterocycles. The molecule has 9 nitrogen and oxygen atoms in total. The van der Waals surface area contributed by atoms with E-state index in [0.717, 1.165) is 42.1 Å². The van der Waals surface area contributed by atoms with Gasteiger partial charge in [0.05, 0.1) is 23.7 Å². The second-order valence-corrected chi connectivity index (χ2v) is 20.5. The second kappa shape index (κ2) is 11.4. The third-order valence-electron chi connectivity index (χ3n) is 7.11. The molecule has 0 saturated carbocycles. The smallest absolute Gasteiger partial charge is 0.276 e. The van der Waals surface area contributed by atoms with Crippen LogP contribution in [0.15, 0.2) is 42.7 Å². The Balaban J connectivity index is 1.54. The largest absolute Gasteiger partial charge is 0.360 e. The van der Waals surface area contributed by atoms with Crippen molar-refractivity contribution in [1.82, 2.24) is 19.6 Å². The van der Waals surface area contributed by atoms with Gasteiger partial charge in [-0.15, -0.1) is 0 Å². The number of anilines is 1. The molecule has 1 N–H and O–H groups in total. The third-order valence-corrected chi connectivity index (χ3v) is 9.74. The Labute approximate surface area is 232 Å². The molecular weight excluding hydrogens is 530 g/mol. The molecule has 1 atom stereocenters. The molecule has 1 aliphatic rings. The molecule has 11 heteroatoms. The van der Waals surface area contributed by atoms with Gasteiger partial charge in [-0.3, -0.25) is 9.48 Å². The topological polar surface area (TPSA) is 108 Å². The first-order valence-electron chi connectivity index (χ1n) is 13.5. The maximum Gasteiger partial charge on any atom is 0.276 e. The number of sulfone groups is 1. The minimum Gasteiger partial charge on any atom is -0.360 e. The van der Waals surface area contributed by atoms with E-state index in [0.29, 0.717) is 24.7 Å². The first-order valence-corrected chi connectivity index (χ1v) is 19.2. The van der Waals surface area contributed by atoms with E-state index in [9.17, 15) is 13.2 Å². The number of amides is 1. The molecule has 212 valence electrons. The van der Waals surface area contributed by atoms with Crippen LogP contribution in [0.4, 0.5) is 5.69 Å². The van der Waals surface area contributed by atoms with Crippen LogP contribution < -0.4 is 5.32 Å². The molecule has 3 aromatic rings. The lowest BCUT2D eigenvalue weighted by Crippen LogP contribution is -2.25. The highest BCUT2D eigenvalue weighted by atomic mass is 32.2. The number of ether oxygens (including phenoxy) is 1. The van der Waals surface area contributed by atoms with Gasteiger partial charge in [0.1, 0.15) is 16.6 Å². The quantitative estimate of drug-likeness (QED) is 0.262. The van der Waals surface area contributed by atoms with Crippen molar-refractivity contribution >= 4 is 29.5 Å². The fraction of sp³-hybridized carbons (Fsp3) is 0.536. The number of hydrogen-bond acceptors (Lipinski definition) is 6. The molecule has 4 rings (SSSR count). The Kier molecular flexibility index (Phi) is 8.53. The number of carbonyl (C=O) groups excluding carboxylic acids is 1. The maximum absolute atomic E-state index is 13.4. The minimum absolute atomic E-state index is 0.0997. The van der Waals surface area contributed by atoms with Crippen LogP contribution in [0, 0.1) is 5.41 Å². The lowest BCUT2D eigenvalue weighted by Gasteiger charge is -2.30. The Bertz CT molecular complexity index is 1410. The number of aromatic nitrogens is 4. The van der Waals surface area contributed by atoms with Gasteiger partial charge in [0.25, 0.3) is 5.91 Å². The Morgan fingerprint density at radius 2 is 1.92 bits per heavy atom. The van der Waals surface area contributed by atoms with Crippen molar-refractivity contribution in [2.24, 2.45) is 5.41 Å². The van der Waals surface area contributed by atoms with Crippen molar-refractivity contribution in [2.45, 2.75) is 71.6 Å².